The first-order chi connectivity index (χ1) is 12.4. The van der Waals surface area contributed by atoms with Crippen LogP contribution in [0.2, 0.25) is 0 Å². The lowest BCUT2D eigenvalue weighted by atomic mass is 10.1. The third kappa shape index (κ3) is 3.79. The minimum absolute atomic E-state index is 0.0160. The van der Waals surface area contributed by atoms with Crippen molar-refractivity contribution in [3.8, 4) is 5.75 Å². The molecule has 26 heavy (non-hydrogen) atoms. The van der Waals surface area contributed by atoms with Gasteiger partial charge >= 0.3 is 0 Å². The zero-order valence-electron chi connectivity index (χ0n) is 13.5. The van der Waals surface area contributed by atoms with E-state index in [4.69, 9.17) is 15.6 Å². The molecule has 1 atom stereocenters. The van der Waals surface area contributed by atoms with E-state index in [-0.39, 0.29) is 22.5 Å². The van der Waals surface area contributed by atoms with Crippen LogP contribution in [0.4, 0.5) is 5.69 Å². The number of halogens is 2. The number of amidine groups is 1. The number of para-hydroxylation sites is 1. The van der Waals surface area contributed by atoms with Crippen LogP contribution in [0.3, 0.4) is 0 Å². The first-order valence-corrected chi connectivity index (χ1v) is 10.2. The molecule has 0 fully saturated rings. The van der Waals surface area contributed by atoms with Gasteiger partial charge in [0.1, 0.15) is 11.5 Å². The summed E-state index contributed by atoms with van der Waals surface area (Å²) in [6, 6.07) is 10.7. The lowest BCUT2D eigenvalue weighted by Crippen LogP contribution is -2.21. The number of hydrogen-bond acceptors (Lipinski definition) is 6. The van der Waals surface area contributed by atoms with Gasteiger partial charge in [-0.1, -0.05) is 45.9 Å². The summed E-state index contributed by atoms with van der Waals surface area (Å²) >= 11 is 7.88. The Morgan fingerprint density at radius 1 is 1.31 bits per heavy atom. The maximum Gasteiger partial charge on any atom is 0.244 e. The fourth-order valence-electron chi connectivity index (χ4n) is 2.43. The second-order valence-electron chi connectivity index (χ2n) is 5.31. The minimum Gasteiger partial charge on any atom is -0.506 e. The summed E-state index contributed by atoms with van der Waals surface area (Å²) in [7, 11) is 0. The van der Waals surface area contributed by atoms with Crippen LogP contribution in [0.1, 0.15) is 17.4 Å². The Morgan fingerprint density at radius 3 is 2.77 bits per heavy atom. The molecule has 0 aliphatic carbocycles. The largest absolute Gasteiger partial charge is 0.506 e. The Bertz CT molecular complexity index is 933. The Morgan fingerprint density at radius 2 is 2.04 bits per heavy atom. The first-order valence-electron chi connectivity index (χ1n) is 7.41. The molecule has 0 amide bonds. The van der Waals surface area contributed by atoms with Crippen molar-refractivity contribution in [1.82, 2.24) is 0 Å². The molecule has 1 unspecified atom stereocenters. The molecule has 0 spiro atoms. The molecule has 4 N–H and O–H groups in total. The quantitative estimate of drug-likeness (QED) is 0.324. The molecule has 0 bridgehead atoms. The van der Waals surface area contributed by atoms with Gasteiger partial charge in [-0.2, -0.15) is 4.99 Å². The maximum absolute atomic E-state index is 10.5. The van der Waals surface area contributed by atoms with E-state index < -0.39 is 6.23 Å². The fraction of sp³-hybridized carbons (Fsp3) is 0.118. The topological polar surface area (TPSA) is 102 Å². The molecule has 6 nitrogen and oxygen atoms in total. The number of ether oxygens (including phenoxy) is 1. The fourth-order valence-corrected chi connectivity index (χ4v) is 3.86. The number of thioether (sulfide) groups is 1. The van der Waals surface area contributed by atoms with E-state index in [0.717, 1.165) is 16.2 Å². The van der Waals surface area contributed by atoms with Gasteiger partial charge in [-0.25, -0.2) is 0 Å². The number of hydrogen-bond donors (Lipinski definition) is 4. The Balaban J connectivity index is 2.15. The van der Waals surface area contributed by atoms with Crippen LogP contribution < -0.4 is 5.32 Å². The summed E-state index contributed by atoms with van der Waals surface area (Å²) in [5.41, 5.74) is 1.83. The van der Waals surface area contributed by atoms with Gasteiger partial charge in [-0.15, -0.1) is 0 Å². The third-order valence-corrected chi connectivity index (χ3v) is 5.20. The van der Waals surface area contributed by atoms with E-state index in [9.17, 15) is 5.11 Å². The molecule has 0 radical (unpaired) electrons. The number of benzene rings is 2. The van der Waals surface area contributed by atoms with Crippen LogP contribution in [0.5, 0.6) is 5.75 Å². The summed E-state index contributed by atoms with van der Waals surface area (Å²) in [6.07, 6.45) is 0.939. The molecule has 1 aliphatic heterocycles. The molecule has 0 aromatic heterocycles. The average Bonchev–Trinajstić information content (AvgIpc) is 2.75. The Kier molecular flexibility index (Phi) is 5.69. The van der Waals surface area contributed by atoms with Crippen molar-refractivity contribution in [3.63, 3.8) is 0 Å². The van der Waals surface area contributed by atoms with Crippen LogP contribution >= 0.6 is 43.6 Å². The van der Waals surface area contributed by atoms with E-state index in [1.54, 1.807) is 24.5 Å². The number of aromatic hydroxyl groups is 1. The van der Waals surface area contributed by atoms with Gasteiger partial charge in [0.05, 0.1) is 10.0 Å². The van der Waals surface area contributed by atoms with Gasteiger partial charge in [-0.3, -0.25) is 10.8 Å². The number of nitrogens with zero attached hydrogens (tertiary/aromatic N) is 1. The SMILES string of the molecule is CSC(=N)/N=C1/OC(c2cc(Br)cc(Br)c2O)Nc2ccccc2C1=N. The lowest BCUT2D eigenvalue weighted by Gasteiger charge is -2.21. The van der Waals surface area contributed by atoms with Crippen molar-refractivity contribution in [2.75, 3.05) is 11.6 Å². The zero-order valence-corrected chi connectivity index (χ0v) is 17.5. The molecule has 2 aromatic rings. The Hall–Kier alpha value is -1.84. The minimum atomic E-state index is -0.791. The number of rotatable bonds is 1. The molecule has 0 saturated carbocycles. The highest BCUT2D eigenvalue weighted by atomic mass is 79.9. The first kappa shape index (κ1) is 18.9. The third-order valence-electron chi connectivity index (χ3n) is 3.66. The van der Waals surface area contributed by atoms with Crippen molar-refractivity contribution in [2.24, 2.45) is 4.99 Å². The summed E-state index contributed by atoms with van der Waals surface area (Å²) in [5.74, 6) is 0.0400. The van der Waals surface area contributed by atoms with Crippen LogP contribution in [0.25, 0.3) is 0 Å². The molecule has 0 saturated heterocycles. The summed E-state index contributed by atoms with van der Waals surface area (Å²) < 4.78 is 7.18. The molecule has 134 valence electrons. The average molecular weight is 498 g/mol. The molecule has 1 aliphatic rings. The highest BCUT2D eigenvalue weighted by molar-refractivity contribution is 9.11. The van der Waals surface area contributed by atoms with Crippen molar-refractivity contribution in [2.45, 2.75) is 6.23 Å². The summed E-state index contributed by atoms with van der Waals surface area (Å²) in [6.45, 7) is 0. The van der Waals surface area contributed by atoms with Crippen LogP contribution in [-0.2, 0) is 4.74 Å². The van der Waals surface area contributed by atoms with Crippen molar-refractivity contribution in [1.29, 1.82) is 10.8 Å². The van der Waals surface area contributed by atoms with Crippen LogP contribution in [0, 0.1) is 10.8 Å². The zero-order chi connectivity index (χ0) is 18.8. The highest BCUT2D eigenvalue weighted by Crippen LogP contribution is 2.38. The van der Waals surface area contributed by atoms with Crippen LogP contribution in [0.15, 0.2) is 50.3 Å². The Labute approximate surface area is 171 Å². The number of fused-ring (bicyclic) bond motifs is 1. The second-order valence-corrected chi connectivity index (χ2v) is 7.88. The van der Waals surface area contributed by atoms with Crippen molar-refractivity contribution < 1.29 is 9.84 Å². The molecule has 1 heterocycles. The predicted molar refractivity (Wildman–Crippen MR) is 113 cm³/mol. The van der Waals surface area contributed by atoms with Gasteiger partial charge in [0.2, 0.25) is 12.1 Å². The van der Waals surface area contributed by atoms with Gasteiger partial charge in [0.15, 0.2) is 5.17 Å². The van der Waals surface area contributed by atoms with Crippen molar-refractivity contribution in [3.05, 3.63) is 56.5 Å². The summed E-state index contributed by atoms with van der Waals surface area (Å²) in [5, 5.41) is 30.0. The molecular weight excluding hydrogens is 484 g/mol. The van der Waals surface area contributed by atoms with Crippen LogP contribution in [-0.4, -0.2) is 28.1 Å². The highest BCUT2D eigenvalue weighted by Gasteiger charge is 2.29. The van der Waals surface area contributed by atoms with E-state index >= 15 is 0 Å². The van der Waals surface area contributed by atoms with Gasteiger partial charge in [0, 0.05) is 15.7 Å². The molecule has 3 rings (SSSR count). The summed E-state index contributed by atoms with van der Waals surface area (Å²) in [4.78, 5) is 4.12. The van der Waals surface area contributed by atoms with Gasteiger partial charge in [0.25, 0.3) is 0 Å². The van der Waals surface area contributed by atoms with Gasteiger partial charge in [-0.05, 0) is 40.4 Å². The normalized spacial score (nSPS) is 17.9. The second kappa shape index (κ2) is 7.81. The lowest BCUT2D eigenvalue weighted by molar-refractivity contribution is 0.223. The smallest absolute Gasteiger partial charge is 0.244 e. The van der Waals surface area contributed by atoms with E-state index in [1.807, 2.05) is 18.2 Å². The van der Waals surface area contributed by atoms with Crippen molar-refractivity contribution >= 4 is 66.1 Å². The standard InChI is InChI=1S/C17H14Br2N4O2S/c1-26-17(21)23-16-13(20)9-4-2-3-5-12(9)22-15(25-16)10-6-8(18)7-11(19)14(10)24/h2-7,15,20-22,24H,1H3/b20-13?,21-17?,23-16+. The number of phenolic OH excluding ortho intramolecular Hbond substituents is 1. The molecule has 9 heteroatoms. The molecular formula is C17H14Br2N4O2S. The monoisotopic (exact) mass is 496 g/mol. The number of phenols is 1. The number of aliphatic imine (C=N–C) groups is 1. The predicted octanol–water partition coefficient (Wildman–Crippen LogP) is 5.12. The molecule has 2 aromatic carbocycles. The van der Waals surface area contributed by atoms with E-state index in [0.29, 0.717) is 21.3 Å². The maximum atomic E-state index is 10.5. The van der Waals surface area contributed by atoms with E-state index in [1.165, 1.54) is 0 Å². The number of anilines is 1. The van der Waals surface area contributed by atoms with Gasteiger partial charge < -0.3 is 15.2 Å². The van der Waals surface area contributed by atoms with E-state index in [2.05, 4.69) is 42.2 Å². The number of nitrogens with one attached hydrogen (secondary N) is 3.